The number of aromatic nitrogens is 1. The normalized spacial score (nSPS) is 11.5. The number of likely N-dealkylation sites (N-methyl/N-ethyl adjacent to an activating group) is 1. The molecule has 0 aliphatic carbocycles. The van der Waals surface area contributed by atoms with Crippen molar-refractivity contribution in [2.24, 2.45) is 0 Å². The molecule has 120 valence electrons. The van der Waals surface area contributed by atoms with Crippen LogP contribution in [0.4, 0.5) is 10.5 Å². The number of carbonyl (C=O) groups excluding carboxylic acids is 1. The zero-order valence-electron chi connectivity index (χ0n) is 12.6. The van der Waals surface area contributed by atoms with Gasteiger partial charge in [0.15, 0.2) is 0 Å². The first-order chi connectivity index (χ1) is 11.1. The second-order valence-corrected chi connectivity index (χ2v) is 4.87. The Hall–Kier alpha value is -2.93. The molecule has 1 aromatic carbocycles. The molecule has 1 atom stereocenters. The number of amides is 2. The topological polar surface area (TPSA) is 103 Å². The van der Waals surface area contributed by atoms with Crippen molar-refractivity contribution in [3.63, 3.8) is 0 Å². The summed E-state index contributed by atoms with van der Waals surface area (Å²) < 4.78 is 0. The average molecular weight is 314 g/mol. The number of carboxylic acid groups (broad SMARTS) is 1. The first kappa shape index (κ1) is 16.4. The molecule has 1 unspecified atom stereocenters. The third-order valence-corrected chi connectivity index (χ3v) is 3.22. The Kier molecular flexibility index (Phi) is 5.65. The summed E-state index contributed by atoms with van der Waals surface area (Å²) in [5.74, 6) is -0.237. The van der Waals surface area contributed by atoms with Crippen molar-refractivity contribution in [1.82, 2.24) is 15.6 Å². The second-order valence-electron chi connectivity index (χ2n) is 4.87. The fraction of sp³-hybridized carbons (Fsp3) is 0.188. The van der Waals surface area contributed by atoms with Crippen LogP contribution >= 0.6 is 0 Å². The molecule has 2 rings (SSSR count). The Bertz CT molecular complexity index is 659. The molecule has 0 saturated carbocycles. The van der Waals surface area contributed by atoms with Crippen molar-refractivity contribution >= 4 is 17.7 Å². The quantitative estimate of drug-likeness (QED) is 0.651. The highest BCUT2D eigenvalue weighted by Gasteiger charge is 2.14. The highest BCUT2D eigenvalue weighted by molar-refractivity contribution is 6.04. The summed E-state index contributed by atoms with van der Waals surface area (Å²) in [5, 5.41) is 17.0. The number of hydrogen-bond donors (Lipinski definition) is 4. The molecule has 0 radical (unpaired) electrons. The summed E-state index contributed by atoms with van der Waals surface area (Å²) in [7, 11) is 1.74. The molecule has 2 aromatic rings. The summed E-state index contributed by atoms with van der Waals surface area (Å²) in [5.41, 5.74) is 1.93. The maximum atomic E-state index is 12.1. The lowest BCUT2D eigenvalue weighted by Gasteiger charge is -2.17. The summed E-state index contributed by atoms with van der Waals surface area (Å²) in [6.45, 7) is 0.453. The van der Waals surface area contributed by atoms with E-state index < -0.39 is 6.09 Å². The summed E-state index contributed by atoms with van der Waals surface area (Å²) in [6, 6.07) is 9.82. The maximum absolute atomic E-state index is 12.1. The fourth-order valence-corrected chi connectivity index (χ4v) is 2.11. The minimum absolute atomic E-state index is 0.237. The van der Waals surface area contributed by atoms with E-state index in [0.29, 0.717) is 17.8 Å². The van der Waals surface area contributed by atoms with E-state index in [1.165, 1.54) is 0 Å². The van der Waals surface area contributed by atoms with Crippen LogP contribution in [0.25, 0.3) is 0 Å². The first-order valence-corrected chi connectivity index (χ1v) is 7.05. The summed E-state index contributed by atoms with van der Waals surface area (Å²) in [6.07, 6.45) is 2.10. The van der Waals surface area contributed by atoms with Crippen LogP contribution in [0.3, 0.4) is 0 Å². The van der Waals surface area contributed by atoms with Crippen LogP contribution in [-0.4, -0.2) is 35.7 Å². The van der Waals surface area contributed by atoms with Crippen molar-refractivity contribution in [2.45, 2.75) is 6.04 Å². The Morgan fingerprint density at radius 1 is 1.13 bits per heavy atom. The zero-order valence-corrected chi connectivity index (χ0v) is 12.6. The SMILES string of the molecule is CNCC(NC(=O)O)c1ccc(C(=O)Nc2ccncc2)cc1. The minimum Gasteiger partial charge on any atom is -0.465 e. The van der Waals surface area contributed by atoms with Gasteiger partial charge in [-0.25, -0.2) is 4.79 Å². The molecule has 0 aliphatic heterocycles. The van der Waals surface area contributed by atoms with Crippen LogP contribution in [0, 0.1) is 0 Å². The first-order valence-electron chi connectivity index (χ1n) is 7.05. The van der Waals surface area contributed by atoms with Crippen molar-refractivity contribution in [3.05, 3.63) is 59.9 Å². The molecular weight excluding hydrogens is 296 g/mol. The number of rotatable bonds is 6. The predicted octanol–water partition coefficient (Wildman–Crippen LogP) is 1.86. The van der Waals surface area contributed by atoms with Crippen molar-refractivity contribution < 1.29 is 14.7 Å². The molecule has 0 aliphatic rings. The molecule has 1 heterocycles. The van der Waals surface area contributed by atoms with E-state index in [2.05, 4.69) is 20.9 Å². The van der Waals surface area contributed by atoms with Crippen LogP contribution < -0.4 is 16.0 Å². The number of nitrogens with zero attached hydrogens (tertiary/aromatic N) is 1. The number of anilines is 1. The molecule has 2 amide bonds. The van der Waals surface area contributed by atoms with Gasteiger partial charge in [-0.1, -0.05) is 12.1 Å². The molecule has 4 N–H and O–H groups in total. The van der Waals surface area contributed by atoms with Crippen LogP contribution in [0.2, 0.25) is 0 Å². The maximum Gasteiger partial charge on any atom is 0.405 e. The standard InChI is InChI=1S/C16H18N4O3/c1-17-10-14(20-16(22)23)11-2-4-12(5-3-11)15(21)19-13-6-8-18-9-7-13/h2-9,14,17,20H,10H2,1H3,(H,22,23)(H,18,19,21). The van der Waals surface area contributed by atoms with Crippen molar-refractivity contribution in [1.29, 1.82) is 0 Å². The van der Waals surface area contributed by atoms with Gasteiger partial charge in [-0.15, -0.1) is 0 Å². The van der Waals surface area contributed by atoms with E-state index in [1.54, 1.807) is 55.8 Å². The third kappa shape index (κ3) is 4.79. The fourth-order valence-electron chi connectivity index (χ4n) is 2.11. The number of nitrogens with one attached hydrogen (secondary N) is 3. The molecular formula is C16H18N4O3. The Labute approximate surface area is 133 Å². The summed E-state index contributed by atoms with van der Waals surface area (Å²) in [4.78, 5) is 26.9. The molecule has 23 heavy (non-hydrogen) atoms. The lowest BCUT2D eigenvalue weighted by atomic mass is 10.0. The lowest BCUT2D eigenvalue weighted by Crippen LogP contribution is -2.33. The highest BCUT2D eigenvalue weighted by atomic mass is 16.4. The van der Waals surface area contributed by atoms with Gasteiger partial charge in [0.05, 0.1) is 6.04 Å². The zero-order chi connectivity index (χ0) is 16.7. The Morgan fingerprint density at radius 3 is 2.35 bits per heavy atom. The van der Waals surface area contributed by atoms with Gasteiger partial charge in [0.25, 0.3) is 5.91 Å². The van der Waals surface area contributed by atoms with E-state index in [-0.39, 0.29) is 11.9 Å². The smallest absolute Gasteiger partial charge is 0.405 e. The van der Waals surface area contributed by atoms with Crippen LogP contribution in [0.5, 0.6) is 0 Å². The van der Waals surface area contributed by atoms with Gasteiger partial charge < -0.3 is 21.1 Å². The number of benzene rings is 1. The van der Waals surface area contributed by atoms with Gasteiger partial charge >= 0.3 is 6.09 Å². The Morgan fingerprint density at radius 2 is 1.78 bits per heavy atom. The number of hydrogen-bond acceptors (Lipinski definition) is 4. The largest absolute Gasteiger partial charge is 0.465 e. The van der Waals surface area contributed by atoms with Crippen molar-refractivity contribution in [2.75, 3.05) is 18.9 Å². The van der Waals surface area contributed by atoms with Gasteiger partial charge in [-0.05, 0) is 36.9 Å². The predicted molar refractivity (Wildman–Crippen MR) is 86.5 cm³/mol. The van der Waals surface area contributed by atoms with E-state index in [4.69, 9.17) is 5.11 Å². The van der Waals surface area contributed by atoms with Gasteiger partial charge in [-0.3, -0.25) is 9.78 Å². The van der Waals surface area contributed by atoms with E-state index in [0.717, 1.165) is 5.56 Å². The molecule has 0 saturated heterocycles. The van der Waals surface area contributed by atoms with Crippen LogP contribution in [-0.2, 0) is 0 Å². The van der Waals surface area contributed by atoms with E-state index >= 15 is 0 Å². The van der Waals surface area contributed by atoms with E-state index in [9.17, 15) is 9.59 Å². The molecule has 7 heteroatoms. The second kappa shape index (κ2) is 7.90. The lowest BCUT2D eigenvalue weighted by molar-refractivity contribution is 0.102. The molecule has 1 aromatic heterocycles. The summed E-state index contributed by atoms with van der Waals surface area (Å²) >= 11 is 0. The van der Waals surface area contributed by atoms with Gasteiger partial charge in [0, 0.05) is 30.2 Å². The van der Waals surface area contributed by atoms with Gasteiger partial charge in [-0.2, -0.15) is 0 Å². The molecule has 0 spiro atoms. The highest BCUT2D eigenvalue weighted by Crippen LogP contribution is 2.15. The van der Waals surface area contributed by atoms with Crippen molar-refractivity contribution in [3.8, 4) is 0 Å². The van der Waals surface area contributed by atoms with Gasteiger partial charge in [0.2, 0.25) is 0 Å². The molecule has 0 bridgehead atoms. The average Bonchev–Trinajstić information content (AvgIpc) is 2.55. The molecule has 7 nitrogen and oxygen atoms in total. The Balaban J connectivity index is 2.08. The van der Waals surface area contributed by atoms with Crippen LogP contribution in [0.15, 0.2) is 48.8 Å². The number of carbonyl (C=O) groups is 2. The molecule has 0 fully saturated rings. The number of pyridine rings is 1. The van der Waals surface area contributed by atoms with Crippen LogP contribution in [0.1, 0.15) is 22.0 Å². The monoisotopic (exact) mass is 314 g/mol. The minimum atomic E-state index is -1.09. The third-order valence-electron chi connectivity index (χ3n) is 3.22. The van der Waals surface area contributed by atoms with Gasteiger partial charge in [0.1, 0.15) is 0 Å². The van der Waals surface area contributed by atoms with E-state index in [1.807, 2.05) is 0 Å².